The van der Waals surface area contributed by atoms with E-state index in [1.165, 1.54) is 0 Å². The van der Waals surface area contributed by atoms with Gasteiger partial charge in [0.25, 0.3) is 0 Å². The minimum absolute atomic E-state index is 0.139. The van der Waals surface area contributed by atoms with Gasteiger partial charge in [0.15, 0.2) is 0 Å². The number of thiazole rings is 1. The first-order chi connectivity index (χ1) is 11.5. The number of benzene rings is 1. The van der Waals surface area contributed by atoms with Gasteiger partial charge in [0.05, 0.1) is 18.3 Å². The summed E-state index contributed by atoms with van der Waals surface area (Å²) >= 11 is 3.23. The Morgan fingerprint density at radius 3 is 2.88 bits per heavy atom. The van der Waals surface area contributed by atoms with E-state index >= 15 is 0 Å². The molecule has 0 unspecified atom stereocenters. The highest BCUT2D eigenvalue weighted by Gasteiger charge is 2.20. The lowest BCUT2D eigenvalue weighted by Gasteiger charge is -2.19. The topological polar surface area (TPSA) is 65.7 Å². The standard InChI is InChI=1S/C16H19N5OS2/c1-16(2,3)21-15(18-19-20-21)24-10-12-9-23-14(17-12)11-6-5-7-13(8-11)22-4/h5-9H,10H2,1-4H3. The molecule has 8 heteroatoms. The van der Waals surface area contributed by atoms with Crippen LogP contribution in [-0.4, -0.2) is 32.3 Å². The maximum atomic E-state index is 5.27. The molecule has 0 aliphatic carbocycles. The molecular weight excluding hydrogens is 342 g/mol. The van der Waals surface area contributed by atoms with Gasteiger partial charge >= 0.3 is 0 Å². The van der Waals surface area contributed by atoms with Crippen molar-refractivity contribution in [1.29, 1.82) is 0 Å². The van der Waals surface area contributed by atoms with Crippen molar-refractivity contribution in [3.8, 4) is 16.3 Å². The van der Waals surface area contributed by atoms with Crippen molar-refractivity contribution in [3.63, 3.8) is 0 Å². The molecule has 0 N–H and O–H groups in total. The summed E-state index contributed by atoms with van der Waals surface area (Å²) in [4.78, 5) is 4.71. The molecular formula is C16H19N5OS2. The molecule has 0 spiro atoms. The van der Waals surface area contributed by atoms with E-state index in [-0.39, 0.29) is 5.54 Å². The molecule has 0 aliphatic heterocycles. The van der Waals surface area contributed by atoms with Crippen LogP contribution in [0.5, 0.6) is 5.75 Å². The summed E-state index contributed by atoms with van der Waals surface area (Å²) in [6.07, 6.45) is 0. The Morgan fingerprint density at radius 2 is 2.12 bits per heavy atom. The summed E-state index contributed by atoms with van der Waals surface area (Å²) in [5, 5.41) is 15.8. The van der Waals surface area contributed by atoms with E-state index < -0.39 is 0 Å². The SMILES string of the molecule is COc1cccc(-c2nc(CSc3nnnn3C(C)(C)C)cs2)c1. The number of thioether (sulfide) groups is 1. The lowest BCUT2D eigenvalue weighted by atomic mass is 10.1. The molecule has 0 radical (unpaired) electrons. The van der Waals surface area contributed by atoms with Gasteiger partial charge in [0, 0.05) is 16.7 Å². The van der Waals surface area contributed by atoms with E-state index in [4.69, 9.17) is 9.72 Å². The molecule has 6 nitrogen and oxygen atoms in total. The van der Waals surface area contributed by atoms with Crippen molar-refractivity contribution in [2.24, 2.45) is 0 Å². The van der Waals surface area contributed by atoms with Crippen LogP contribution in [-0.2, 0) is 11.3 Å². The van der Waals surface area contributed by atoms with Crippen LogP contribution in [0.25, 0.3) is 10.6 Å². The van der Waals surface area contributed by atoms with Crippen molar-refractivity contribution in [1.82, 2.24) is 25.2 Å². The average Bonchev–Trinajstić information content (AvgIpc) is 3.21. The largest absolute Gasteiger partial charge is 0.497 e. The number of aromatic nitrogens is 5. The van der Waals surface area contributed by atoms with E-state index in [2.05, 4.69) is 41.7 Å². The number of rotatable bonds is 5. The monoisotopic (exact) mass is 361 g/mol. The second-order valence-corrected chi connectivity index (χ2v) is 8.01. The molecule has 0 fully saturated rings. The Balaban J connectivity index is 1.72. The van der Waals surface area contributed by atoms with E-state index in [9.17, 15) is 0 Å². The van der Waals surface area contributed by atoms with Crippen LogP contribution in [0.4, 0.5) is 0 Å². The predicted molar refractivity (Wildman–Crippen MR) is 96.5 cm³/mol. The first-order valence-corrected chi connectivity index (χ1v) is 9.34. The number of tetrazole rings is 1. The molecule has 0 atom stereocenters. The van der Waals surface area contributed by atoms with Crippen LogP contribution in [0.3, 0.4) is 0 Å². The van der Waals surface area contributed by atoms with Crippen molar-refractivity contribution < 1.29 is 4.74 Å². The fraction of sp³-hybridized carbons (Fsp3) is 0.375. The maximum Gasteiger partial charge on any atom is 0.210 e. The minimum atomic E-state index is -0.139. The Bertz CT molecular complexity index is 822. The Hall–Kier alpha value is -1.93. The molecule has 2 aromatic heterocycles. The molecule has 0 saturated heterocycles. The molecule has 1 aromatic carbocycles. The van der Waals surface area contributed by atoms with E-state index in [0.717, 1.165) is 32.9 Å². The van der Waals surface area contributed by atoms with Crippen LogP contribution >= 0.6 is 23.1 Å². The highest BCUT2D eigenvalue weighted by atomic mass is 32.2. The number of ether oxygens (including phenoxy) is 1. The third kappa shape index (κ3) is 3.76. The van der Waals surface area contributed by atoms with Gasteiger partial charge in [0.2, 0.25) is 5.16 Å². The highest BCUT2D eigenvalue weighted by Crippen LogP contribution is 2.30. The molecule has 2 heterocycles. The molecule has 0 amide bonds. The fourth-order valence-electron chi connectivity index (χ4n) is 2.09. The molecule has 3 rings (SSSR count). The van der Waals surface area contributed by atoms with Gasteiger partial charge in [-0.2, -0.15) is 0 Å². The molecule has 0 bridgehead atoms. The van der Waals surface area contributed by atoms with Crippen molar-refractivity contribution >= 4 is 23.1 Å². The summed E-state index contributed by atoms with van der Waals surface area (Å²) in [6.45, 7) is 6.24. The summed E-state index contributed by atoms with van der Waals surface area (Å²) in [7, 11) is 1.67. The lowest BCUT2D eigenvalue weighted by molar-refractivity contribution is 0.321. The van der Waals surface area contributed by atoms with Gasteiger partial charge in [-0.25, -0.2) is 9.67 Å². The third-order valence-corrected chi connectivity index (χ3v) is 5.19. The number of hydrogen-bond donors (Lipinski definition) is 0. The highest BCUT2D eigenvalue weighted by molar-refractivity contribution is 7.98. The molecule has 0 saturated carbocycles. The summed E-state index contributed by atoms with van der Waals surface area (Å²) < 4.78 is 7.11. The van der Waals surface area contributed by atoms with Crippen molar-refractivity contribution in [2.75, 3.05) is 7.11 Å². The van der Waals surface area contributed by atoms with Gasteiger partial charge in [-0.1, -0.05) is 23.9 Å². The Kier molecular flexibility index (Phi) is 4.86. The summed E-state index contributed by atoms with van der Waals surface area (Å²) in [5.74, 6) is 1.57. The van der Waals surface area contributed by atoms with Crippen LogP contribution in [0.1, 0.15) is 26.5 Å². The zero-order chi connectivity index (χ0) is 17.2. The average molecular weight is 361 g/mol. The smallest absolute Gasteiger partial charge is 0.210 e. The summed E-state index contributed by atoms with van der Waals surface area (Å²) in [6, 6.07) is 7.94. The maximum absolute atomic E-state index is 5.27. The summed E-state index contributed by atoms with van der Waals surface area (Å²) in [5.41, 5.74) is 1.95. The molecule has 24 heavy (non-hydrogen) atoms. The third-order valence-electron chi connectivity index (χ3n) is 3.29. The lowest BCUT2D eigenvalue weighted by Crippen LogP contribution is -2.24. The minimum Gasteiger partial charge on any atom is -0.497 e. The van der Waals surface area contributed by atoms with Crippen molar-refractivity contribution in [2.45, 2.75) is 37.2 Å². The van der Waals surface area contributed by atoms with Crippen LogP contribution in [0.15, 0.2) is 34.8 Å². The number of hydrogen-bond acceptors (Lipinski definition) is 7. The van der Waals surface area contributed by atoms with E-state index in [0.29, 0.717) is 0 Å². The second-order valence-electron chi connectivity index (χ2n) is 6.21. The normalized spacial score (nSPS) is 11.7. The number of methoxy groups -OCH3 is 1. The van der Waals surface area contributed by atoms with E-state index in [1.807, 2.05) is 28.9 Å². The Labute approximate surface area is 149 Å². The fourth-order valence-corrected chi connectivity index (χ4v) is 3.96. The predicted octanol–water partition coefficient (Wildman–Crippen LogP) is 3.85. The van der Waals surface area contributed by atoms with Crippen molar-refractivity contribution in [3.05, 3.63) is 35.3 Å². The second kappa shape index (κ2) is 6.90. The quantitative estimate of drug-likeness (QED) is 0.643. The zero-order valence-electron chi connectivity index (χ0n) is 14.1. The van der Waals surface area contributed by atoms with Gasteiger partial charge < -0.3 is 4.74 Å². The van der Waals surface area contributed by atoms with Crippen LogP contribution in [0.2, 0.25) is 0 Å². The van der Waals surface area contributed by atoms with Gasteiger partial charge in [0.1, 0.15) is 10.8 Å². The molecule has 126 valence electrons. The Morgan fingerprint density at radius 1 is 1.29 bits per heavy atom. The van der Waals surface area contributed by atoms with Crippen LogP contribution < -0.4 is 4.74 Å². The van der Waals surface area contributed by atoms with E-state index in [1.54, 1.807) is 30.2 Å². The number of nitrogens with zero attached hydrogens (tertiary/aromatic N) is 5. The molecule has 3 aromatic rings. The first-order valence-electron chi connectivity index (χ1n) is 7.48. The molecule has 0 aliphatic rings. The van der Waals surface area contributed by atoms with Gasteiger partial charge in [-0.15, -0.1) is 16.4 Å². The van der Waals surface area contributed by atoms with Gasteiger partial charge in [-0.05, 0) is 43.3 Å². The van der Waals surface area contributed by atoms with Gasteiger partial charge in [-0.3, -0.25) is 0 Å². The first kappa shape index (κ1) is 16.9. The zero-order valence-corrected chi connectivity index (χ0v) is 15.7. The van der Waals surface area contributed by atoms with Crippen LogP contribution in [0, 0.1) is 0 Å².